The lowest BCUT2D eigenvalue weighted by Gasteiger charge is -2.42. The van der Waals surface area contributed by atoms with Crippen LogP contribution in [0.5, 0.6) is 0 Å². The Hall–Kier alpha value is -2.58. The van der Waals surface area contributed by atoms with Gasteiger partial charge in [0.05, 0.1) is 23.2 Å². The van der Waals surface area contributed by atoms with E-state index in [1.165, 1.54) is 0 Å². The molecule has 1 aromatic carbocycles. The summed E-state index contributed by atoms with van der Waals surface area (Å²) < 4.78 is -0.702. The normalized spacial score (nSPS) is 29.7. The molecule has 3 saturated heterocycles. The van der Waals surface area contributed by atoms with Gasteiger partial charge in [0, 0.05) is 37.5 Å². The molecule has 1 aromatic rings. The minimum absolute atomic E-state index is 0.00711. The van der Waals surface area contributed by atoms with E-state index in [2.05, 4.69) is 27.0 Å². The van der Waals surface area contributed by atoms with Crippen molar-refractivity contribution in [3.05, 3.63) is 61.2 Å². The second kappa shape index (κ2) is 12.3. The van der Waals surface area contributed by atoms with Gasteiger partial charge < -0.3 is 19.8 Å². The van der Waals surface area contributed by atoms with Gasteiger partial charge in [-0.15, -0.1) is 24.9 Å². The predicted molar refractivity (Wildman–Crippen MR) is 156 cm³/mol. The summed E-state index contributed by atoms with van der Waals surface area (Å²) in [6.07, 6.45) is 6.02. The van der Waals surface area contributed by atoms with Gasteiger partial charge >= 0.3 is 0 Å². The highest BCUT2D eigenvalue weighted by molar-refractivity contribution is 8.02. The van der Waals surface area contributed by atoms with Gasteiger partial charge in [-0.25, -0.2) is 0 Å². The lowest BCUT2D eigenvalue weighted by Crippen LogP contribution is -2.59. The molecule has 0 aliphatic carbocycles. The number of hydrogen-bond donors (Lipinski definition) is 1. The Kier molecular flexibility index (Phi) is 9.27. The van der Waals surface area contributed by atoms with Crippen molar-refractivity contribution in [3.8, 4) is 0 Å². The predicted octanol–water partition coefficient (Wildman–Crippen LogP) is 3.73. The largest absolute Gasteiger partial charge is 0.395 e. The molecule has 8 heteroatoms. The zero-order valence-corrected chi connectivity index (χ0v) is 24.3. The van der Waals surface area contributed by atoms with E-state index >= 15 is 0 Å². The fourth-order valence-corrected chi connectivity index (χ4v) is 9.60. The number of thioether (sulfide) groups is 1. The van der Waals surface area contributed by atoms with E-state index in [0.717, 1.165) is 24.8 Å². The van der Waals surface area contributed by atoms with E-state index in [0.29, 0.717) is 19.6 Å². The number of aliphatic hydroxyl groups excluding tert-OH is 1. The molecule has 7 atom stereocenters. The topological polar surface area (TPSA) is 81.2 Å². The fraction of sp³-hybridized carbons (Fsp3) is 0.581. The molecule has 39 heavy (non-hydrogen) atoms. The first kappa shape index (κ1) is 29.4. The fourth-order valence-electron chi connectivity index (χ4n) is 7.19. The van der Waals surface area contributed by atoms with E-state index < -0.39 is 22.6 Å². The number of likely N-dealkylation sites (tertiary alicyclic amines) is 1. The van der Waals surface area contributed by atoms with Crippen molar-refractivity contribution in [1.82, 2.24) is 14.7 Å². The summed E-state index contributed by atoms with van der Waals surface area (Å²) >= 11 is 1.68. The lowest BCUT2D eigenvalue weighted by molar-refractivity contribution is -0.145. The molecule has 1 N–H and O–H groups in total. The SMILES string of the molecule is C=CCN(Cc1ccccc1)C(=O)[C@@H]1[C@@H]2CC(C)C3(S2)C(C(=O)N(CC=C)C(C)CCC)N(CCO)C(=O)[C@H]13. The van der Waals surface area contributed by atoms with Gasteiger partial charge in [0.15, 0.2) is 0 Å². The van der Waals surface area contributed by atoms with Crippen molar-refractivity contribution in [2.45, 2.75) is 68.7 Å². The summed E-state index contributed by atoms with van der Waals surface area (Å²) in [4.78, 5) is 48.0. The van der Waals surface area contributed by atoms with Gasteiger partial charge in [0.2, 0.25) is 17.7 Å². The van der Waals surface area contributed by atoms with Gasteiger partial charge in [-0.3, -0.25) is 14.4 Å². The Balaban J connectivity index is 1.73. The molecule has 2 bridgehead atoms. The summed E-state index contributed by atoms with van der Waals surface area (Å²) in [5, 5.41) is 9.91. The number of β-amino-alcohol motifs (C(OH)–C–C–N with tert-alkyl or cyclic N) is 1. The summed E-state index contributed by atoms with van der Waals surface area (Å²) in [7, 11) is 0. The Labute approximate surface area is 237 Å². The van der Waals surface area contributed by atoms with Gasteiger partial charge in [-0.1, -0.05) is 62.8 Å². The van der Waals surface area contributed by atoms with Crippen LogP contribution in [0.4, 0.5) is 0 Å². The highest BCUT2D eigenvalue weighted by Crippen LogP contribution is 2.68. The van der Waals surface area contributed by atoms with Gasteiger partial charge in [0.1, 0.15) is 6.04 Å². The third-order valence-electron chi connectivity index (χ3n) is 8.83. The molecule has 0 radical (unpaired) electrons. The van der Waals surface area contributed by atoms with E-state index in [9.17, 15) is 19.5 Å². The third kappa shape index (κ3) is 5.06. The van der Waals surface area contributed by atoms with Gasteiger partial charge in [-0.2, -0.15) is 0 Å². The van der Waals surface area contributed by atoms with Crippen molar-refractivity contribution >= 4 is 29.5 Å². The molecule has 0 aromatic heterocycles. The molecule has 4 unspecified atom stereocenters. The summed E-state index contributed by atoms with van der Waals surface area (Å²) in [6, 6.07) is 9.11. The van der Waals surface area contributed by atoms with Crippen LogP contribution < -0.4 is 0 Å². The van der Waals surface area contributed by atoms with E-state index in [1.54, 1.807) is 33.7 Å². The van der Waals surface area contributed by atoms with Crippen molar-refractivity contribution in [2.75, 3.05) is 26.2 Å². The maximum atomic E-state index is 14.4. The third-order valence-corrected chi connectivity index (χ3v) is 10.9. The van der Waals surface area contributed by atoms with Crippen LogP contribution in [0.15, 0.2) is 55.6 Å². The van der Waals surface area contributed by atoms with Crippen LogP contribution in [0.25, 0.3) is 0 Å². The molecule has 3 aliphatic rings. The van der Waals surface area contributed by atoms with Crippen molar-refractivity contribution in [2.24, 2.45) is 17.8 Å². The zero-order chi connectivity index (χ0) is 28.3. The Morgan fingerprint density at radius 1 is 1.21 bits per heavy atom. The Bertz CT molecular complexity index is 1080. The number of rotatable bonds is 13. The molecule has 1 spiro atoms. The van der Waals surface area contributed by atoms with Crippen molar-refractivity contribution in [3.63, 3.8) is 0 Å². The Morgan fingerprint density at radius 2 is 1.90 bits per heavy atom. The summed E-state index contributed by atoms with van der Waals surface area (Å²) in [6.45, 7) is 15.1. The van der Waals surface area contributed by atoms with Crippen molar-refractivity contribution in [1.29, 1.82) is 0 Å². The van der Waals surface area contributed by atoms with Crippen LogP contribution in [-0.2, 0) is 20.9 Å². The molecule has 0 saturated carbocycles. The second-order valence-electron chi connectivity index (χ2n) is 11.2. The number of nitrogens with zero attached hydrogens (tertiary/aromatic N) is 3. The van der Waals surface area contributed by atoms with Crippen LogP contribution in [0.2, 0.25) is 0 Å². The number of benzene rings is 1. The molecule has 212 valence electrons. The standard InChI is InChI=1S/C31H43N3O4S/c1-6-12-22(5)33(16-8-3)30(38)27-31-21(4)19-24(39-31)25(26(31)29(37)34(27)17-18-35)28(36)32(15-7-2)20-23-13-10-9-11-14-23/h7-11,13-14,21-22,24-27,35H,2-3,6,12,15-20H2,1,4-5H3/t21?,22?,24-,25+,26-,27?,31?/m0/s1. The molecule has 3 heterocycles. The van der Waals surface area contributed by atoms with E-state index in [1.807, 2.05) is 42.2 Å². The average molecular weight is 554 g/mol. The second-order valence-corrected chi connectivity index (χ2v) is 12.8. The molecular weight excluding hydrogens is 510 g/mol. The summed E-state index contributed by atoms with van der Waals surface area (Å²) in [5.74, 6) is -1.36. The number of amides is 3. The van der Waals surface area contributed by atoms with Crippen molar-refractivity contribution < 1.29 is 19.5 Å². The smallest absolute Gasteiger partial charge is 0.247 e. The summed E-state index contributed by atoms with van der Waals surface area (Å²) in [5.41, 5.74) is 1.02. The minimum atomic E-state index is -0.716. The number of carbonyl (C=O) groups excluding carboxylic acids is 3. The first-order chi connectivity index (χ1) is 18.8. The number of hydrogen-bond acceptors (Lipinski definition) is 5. The van der Waals surface area contributed by atoms with Crippen LogP contribution in [-0.4, -0.2) is 85.8 Å². The highest BCUT2D eigenvalue weighted by Gasteiger charge is 2.76. The molecule has 4 rings (SSSR count). The molecule has 3 aliphatic heterocycles. The highest BCUT2D eigenvalue weighted by atomic mass is 32.2. The lowest BCUT2D eigenvalue weighted by atomic mass is 9.65. The minimum Gasteiger partial charge on any atom is -0.395 e. The number of aliphatic hydroxyl groups is 1. The molecule has 7 nitrogen and oxygen atoms in total. The van der Waals surface area contributed by atoms with Crippen LogP contribution >= 0.6 is 11.8 Å². The van der Waals surface area contributed by atoms with E-state index in [-0.39, 0.29) is 48.1 Å². The maximum Gasteiger partial charge on any atom is 0.247 e. The number of carbonyl (C=O) groups is 3. The Morgan fingerprint density at radius 3 is 2.51 bits per heavy atom. The molecular formula is C31H43N3O4S. The quantitative estimate of drug-likeness (QED) is 0.377. The van der Waals surface area contributed by atoms with Gasteiger partial charge in [0.25, 0.3) is 0 Å². The maximum absolute atomic E-state index is 14.4. The van der Waals surface area contributed by atoms with Crippen LogP contribution in [0.3, 0.4) is 0 Å². The first-order valence-corrected chi connectivity index (χ1v) is 15.1. The van der Waals surface area contributed by atoms with Crippen LogP contribution in [0, 0.1) is 17.8 Å². The zero-order valence-electron chi connectivity index (χ0n) is 23.5. The molecule has 3 fully saturated rings. The average Bonchev–Trinajstić information content (AvgIpc) is 3.51. The van der Waals surface area contributed by atoms with E-state index in [4.69, 9.17) is 0 Å². The molecule has 3 amide bonds. The van der Waals surface area contributed by atoms with Crippen LogP contribution in [0.1, 0.15) is 45.6 Å². The first-order valence-electron chi connectivity index (χ1n) is 14.2. The van der Waals surface area contributed by atoms with Gasteiger partial charge in [-0.05, 0) is 31.2 Å². The monoisotopic (exact) mass is 553 g/mol. The number of fused-ring (bicyclic) bond motifs is 1.